The molecule has 2 rings (SSSR count). The summed E-state index contributed by atoms with van der Waals surface area (Å²) in [6.07, 6.45) is 0. The van der Waals surface area contributed by atoms with E-state index in [1.165, 1.54) is 0 Å². The molecule has 0 radical (unpaired) electrons. The molecular weight excluding hydrogens is 235 g/mol. The van der Waals surface area contributed by atoms with Crippen LogP contribution in [0.15, 0.2) is 23.2 Å². The van der Waals surface area contributed by atoms with Crippen molar-refractivity contribution in [3.63, 3.8) is 0 Å². The van der Waals surface area contributed by atoms with Crippen LogP contribution in [-0.2, 0) is 4.74 Å². The molecule has 1 fully saturated rings. The van der Waals surface area contributed by atoms with Gasteiger partial charge in [-0.05, 0) is 18.2 Å². The molecule has 1 heterocycles. The Morgan fingerprint density at radius 2 is 2.13 bits per heavy atom. The maximum absolute atomic E-state index is 5.88. The van der Waals surface area contributed by atoms with Crippen molar-refractivity contribution in [2.75, 3.05) is 20.2 Å². The lowest BCUT2D eigenvalue weighted by atomic mass is 10.3. The van der Waals surface area contributed by atoms with Crippen molar-refractivity contribution in [3.05, 3.63) is 28.2 Å². The number of benzene rings is 1. The summed E-state index contributed by atoms with van der Waals surface area (Å²) < 4.78 is 5.34. The number of halogens is 2. The molecule has 0 bridgehead atoms. The van der Waals surface area contributed by atoms with Crippen LogP contribution in [0.1, 0.15) is 0 Å². The summed E-state index contributed by atoms with van der Waals surface area (Å²) >= 11 is 11.7. The third-order valence-corrected chi connectivity index (χ3v) is 2.85. The smallest absolute Gasteiger partial charge is 0.292 e. The molecule has 0 saturated carbocycles. The highest BCUT2D eigenvalue weighted by Gasteiger charge is 2.15. The van der Waals surface area contributed by atoms with Crippen molar-refractivity contribution in [2.24, 2.45) is 4.99 Å². The number of nitrogens with zero attached hydrogens (tertiary/aromatic N) is 2. The molecule has 0 atom stereocenters. The second-order valence-electron chi connectivity index (χ2n) is 3.26. The zero-order chi connectivity index (χ0) is 10.8. The summed E-state index contributed by atoms with van der Waals surface area (Å²) in [7, 11) is 1.93. The van der Waals surface area contributed by atoms with Gasteiger partial charge in [-0.25, -0.2) is 0 Å². The van der Waals surface area contributed by atoms with Gasteiger partial charge < -0.3 is 9.64 Å². The van der Waals surface area contributed by atoms with E-state index in [-0.39, 0.29) is 0 Å². The van der Waals surface area contributed by atoms with Crippen LogP contribution >= 0.6 is 23.2 Å². The molecule has 1 saturated heterocycles. The minimum Gasteiger partial charge on any atom is -0.463 e. The fraction of sp³-hybridized carbons (Fsp3) is 0.300. The van der Waals surface area contributed by atoms with Gasteiger partial charge in [-0.3, -0.25) is 0 Å². The van der Waals surface area contributed by atoms with Gasteiger partial charge in [0.2, 0.25) is 0 Å². The van der Waals surface area contributed by atoms with E-state index in [9.17, 15) is 0 Å². The van der Waals surface area contributed by atoms with Crippen molar-refractivity contribution >= 4 is 34.9 Å². The van der Waals surface area contributed by atoms with Gasteiger partial charge in [-0.1, -0.05) is 23.2 Å². The van der Waals surface area contributed by atoms with E-state index >= 15 is 0 Å². The number of ether oxygens (including phenoxy) is 1. The number of rotatable bonds is 1. The van der Waals surface area contributed by atoms with Crippen LogP contribution < -0.4 is 0 Å². The number of likely N-dealkylation sites (N-methyl/N-ethyl adjacent to an activating group) is 1. The van der Waals surface area contributed by atoms with Crippen LogP contribution in [0.2, 0.25) is 10.0 Å². The normalized spacial score (nSPS) is 18.3. The first-order chi connectivity index (χ1) is 7.16. The lowest BCUT2D eigenvalue weighted by molar-refractivity contribution is 0.352. The summed E-state index contributed by atoms with van der Waals surface area (Å²) in [5.41, 5.74) is 0.744. The Balaban J connectivity index is 2.27. The van der Waals surface area contributed by atoms with Gasteiger partial charge in [-0.2, -0.15) is 4.99 Å². The quantitative estimate of drug-likeness (QED) is 0.759. The van der Waals surface area contributed by atoms with Crippen molar-refractivity contribution in [1.29, 1.82) is 0 Å². The van der Waals surface area contributed by atoms with Gasteiger partial charge >= 0.3 is 0 Å². The van der Waals surface area contributed by atoms with Crippen LogP contribution in [0, 0.1) is 0 Å². The third kappa shape index (κ3) is 2.36. The van der Waals surface area contributed by atoms with E-state index in [0.29, 0.717) is 22.7 Å². The van der Waals surface area contributed by atoms with Gasteiger partial charge in [0.15, 0.2) is 0 Å². The minimum atomic E-state index is 0.499. The van der Waals surface area contributed by atoms with Gasteiger partial charge in [0, 0.05) is 7.05 Å². The van der Waals surface area contributed by atoms with Gasteiger partial charge in [0.1, 0.15) is 6.61 Å². The largest absolute Gasteiger partial charge is 0.463 e. The Bertz CT molecular complexity index is 406. The maximum atomic E-state index is 5.88. The van der Waals surface area contributed by atoms with Gasteiger partial charge in [-0.15, -0.1) is 0 Å². The highest BCUT2D eigenvalue weighted by molar-refractivity contribution is 6.42. The first kappa shape index (κ1) is 10.6. The Morgan fingerprint density at radius 3 is 2.73 bits per heavy atom. The number of aliphatic imine (C=N–C) groups is 1. The molecule has 0 amide bonds. The average Bonchev–Trinajstić information content (AvgIpc) is 2.59. The number of hydrogen-bond acceptors (Lipinski definition) is 2. The predicted octanol–water partition coefficient (Wildman–Crippen LogP) is 2.94. The average molecular weight is 245 g/mol. The van der Waals surface area contributed by atoms with Crippen LogP contribution in [0.3, 0.4) is 0 Å². The summed E-state index contributed by atoms with van der Waals surface area (Å²) in [6, 6.07) is 5.86. The molecule has 0 aromatic heterocycles. The molecule has 0 aliphatic carbocycles. The number of amidine groups is 1. The molecule has 1 aromatic carbocycles. The van der Waals surface area contributed by atoms with Crippen molar-refractivity contribution < 1.29 is 4.74 Å². The summed E-state index contributed by atoms with van der Waals surface area (Å²) in [5, 5.41) is 1.03. The van der Waals surface area contributed by atoms with Crippen LogP contribution in [0.5, 0.6) is 0 Å². The van der Waals surface area contributed by atoms with Crippen LogP contribution in [-0.4, -0.2) is 31.1 Å². The molecule has 0 N–H and O–H groups in total. The van der Waals surface area contributed by atoms with Crippen molar-refractivity contribution in [1.82, 2.24) is 4.90 Å². The highest BCUT2D eigenvalue weighted by Crippen LogP contribution is 2.27. The molecule has 0 spiro atoms. The first-order valence-corrected chi connectivity index (χ1v) is 5.30. The number of hydrogen-bond donors (Lipinski definition) is 0. The lowest BCUT2D eigenvalue weighted by Gasteiger charge is -2.07. The zero-order valence-electron chi connectivity index (χ0n) is 8.20. The Hall–Kier alpha value is -0.930. The lowest BCUT2D eigenvalue weighted by Crippen LogP contribution is -2.19. The van der Waals surface area contributed by atoms with E-state index < -0.39 is 0 Å². The van der Waals surface area contributed by atoms with E-state index in [4.69, 9.17) is 27.9 Å². The molecule has 1 aliphatic heterocycles. The van der Waals surface area contributed by atoms with Crippen LogP contribution in [0.4, 0.5) is 5.69 Å². The molecule has 5 heteroatoms. The molecule has 3 nitrogen and oxygen atoms in total. The minimum absolute atomic E-state index is 0.499. The molecule has 0 unspecified atom stereocenters. The Kier molecular flexibility index (Phi) is 3.03. The second-order valence-corrected chi connectivity index (χ2v) is 4.08. The third-order valence-electron chi connectivity index (χ3n) is 2.11. The first-order valence-electron chi connectivity index (χ1n) is 4.54. The Morgan fingerprint density at radius 1 is 1.33 bits per heavy atom. The molecular formula is C10H10Cl2N2O. The van der Waals surface area contributed by atoms with Gasteiger partial charge in [0.05, 0.1) is 22.3 Å². The topological polar surface area (TPSA) is 24.8 Å². The predicted molar refractivity (Wildman–Crippen MR) is 62.1 cm³/mol. The van der Waals surface area contributed by atoms with Crippen molar-refractivity contribution in [3.8, 4) is 0 Å². The molecule has 80 valence electrons. The molecule has 1 aromatic rings. The maximum Gasteiger partial charge on any atom is 0.292 e. The van der Waals surface area contributed by atoms with E-state index in [1.807, 2.05) is 11.9 Å². The zero-order valence-corrected chi connectivity index (χ0v) is 9.72. The highest BCUT2D eigenvalue weighted by atomic mass is 35.5. The monoisotopic (exact) mass is 244 g/mol. The SMILES string of the molecule is CN1CCOC1=Nc1ccc(Cl)c(Cl)c1. The van der Waals surface area contributed by atoms with E-state index in [0.717, 1.165) is 12.2 Å². The molecule has 15 heavy (non-hydrogen) atoms. The van der Waals surface area contributed by atoms with E-state index in [1.54, 1.807) is 18.2 Å². The van der Waals surface area contributed by atoms with Crippen molar-refractivity contribution in [2.45, 2.75) is 0 Å². The van der Waals surface area contributed by atoms with Gasteiger partial charge in [0.25, 0.3) is 6.02 Å². The Labute approximate surface area is 98.3 Å². The van der Waals surface area contributed by atoms with E-state index in [2.05, 4.69) is 4.99 Å². The fourth-order valence-electron chi connectivity index (χ4n) is 1.26. The second kappa shape index (κ2) is 4.29. The van der Waals surface area contributed by atoms with Crippen LogP contribution in [0.25, 0.3) is 0 Å². The fourth-order valence-corrected chi connectivity index (χ4v) is 1.55. The summed E-state index contributed by atoms with van der Waals surface area (Å²) in [5.74, 6) is 0. The summed E-state index contributed by atoms with van der Waals surface area (Å²) in [6.45, 7) is 1.54. The molecule has 1 aliphatic rings. The standard InChI is InChI=1S/C10H10Cl2N2O/c1-14-4-5-15-10(14)13-7-2-3-8(11)9(12)6-7/h2-3,6H,4-5H2,1H3. The summed E-state index contributed by atoms with van der Waals surface area (Å²) in [4.78, 5) is 6.27.